The SMILES string of the molecule is CC(=O)N1CCC[C@H]1c1nc2c(c(NCCCc3ccccc3Cl)n1)CCN(C)C2. The number of aryl methyl sites for hydroxylation is 1. The van der Waals surface area contributed by atoms with E-state index >= 15 is 0 Å². The van der Waals surface area contributed by atoms with E-state index in [1.165, 1.54) is 11.1 Å². The molecule has 0 saturated carbocycles. The zero-order valence-corrected chi connectivity index (χ0v) is 18.6. The summed E-state index contributed by atoms with van der Waals surface area (Å²) in [4.78, 5) is 26.1. The fraction of sp³-hybridized carbons (Fsp3) is 0.522. The topological polar surface area (TPSA) is 61.4 Å². The molecule has 2 aliphatic heterocycles. The average Bonchev–Trinajstić information content (AvgIpc) is 3.22. The minimum Gasteiger partial charge on any atom is -0.370 e. The molecule has 0 bridgehead atoms. The van der Waals surface area contributed by atoms with Crippen molar-refractivity contribution in [2.75, 3.05) is 32.0 Å². The van der Waals surface area contributed by atoms with Gasteiger partial charge < -0.3 is 15.1 Å². The normalized spacial score (nSPS) is 19.0. The highest BCUT2D eigenvalue weighted by Gasteiger charge is 2.32. The number of benzene rings is 1. The minimum absolute atomic E-state index is 0.0105. The van der Waals surface area contributed by atoms with Crippen molar-refractivity contribution in [3.8, 4) is 0 Å². The first-order chi connectivity index (χ1) is 14.5. The van der Waals surface area contributed by atoms with Crippen molar-refractivity contribution in [3.05, 3.63) is 51.9 Å². The van der Waals surface area contributed by atoms with Crippen LogP contribution in [0.3, 0.4) is 0 Å². The standard InChI is InChI=1S/C23H30ClN5O/c1-16(30)29-13-6-10-21(29)23-26-20-15-28(2)14-11-18(20)22(27-23)25-12-5-8-17-7-3-4-9-19(17)24/h3-4,7,9,21H,5-6,8,10-15H2,1-2H3,(H,25,26,27)/t21-/m0/s1. The lowest BCUT2D eigenvalue weighted by Gasteiger charge is -2.28. The third-order valence-corrected chi connectivity index (χ3v) is 6.47. The van der Waals surface area contributed by atoms with Crippen LogP contribution in [-0.4, -0.2) is 52.4 Å². The fourth-order valence-electron chi connectivity index (χ4n) is 4.47. The number of likely N-dealkylation sites (N-methyl/N-ethyl adjacent to an activating group) is 1. The minimum atomic E-state index is -0.0105. The van der Waals surface area contributed by atoms with Crippen molar-refractivity contribution in [1.82, 2.24) is 19.8 Å². The molecule has 30 heavy (non-hydrogen) atoms. The molecule has 1 atom stereocenters. The number of nitrogens with one attached hydrogen (secondary N) is 1. The molecule has 0 spiro atoms. The fourth-order valence-corrected chi connectivity index (χ4v) is 4.70. The van der Waals surface area contributed by atoms with Gasteiger partial charge in [0, 0.05) is 43.7 Å². The van der Waals surface area contributed by atoms with Gasteiger partial charge in [0.1, 0.15) is 5.82 Å². The number of rotatable bonds is 6. The molecule has 160 valence electrons. The van der Waals surface area contributed by atoms with Crippen molar-refractivity contribution in [2.45, 2.75) is 51.6 Å². The van der Waals surface area contributed by atoms with E-state index < -0.39 is 0 Å². The van der Waals surface area contributed by atoms with Crippen molar-refractivity contribution >= 4 is 23.3 Å². The van der Waals surface area contributed by atoms with Crippen LogP contribution in [0.25, 0.3) is 0 Å². The summed E-state index contributed by atoms with van der Waals surface area (Å²) in [5.41, 5.74) is 3.50. The second-order valence-electron chi connectivity index (χ2n) is 8.34. The molecule has 1 aromatic carbocycles. The number of likely N-dealkylation sites (tertiary alicyclic amines) is 1. The van der Waals surface area contributed by atoms with Gasteiger partial charge in [-0.3, -0.25) is 4.79 Å². The van der Waals surface area contributed by atoms with Gasteiger partial charge in [0.25, 0.3) is 0 Å². The summed E-state index contributed by atoms with van der Waals surface area (Å²) in [6.45, 7) is 5.09. The van der Waals surface area contributed by atoms with Gasteiger partial charge in [-0.15, -0.1) is 0 Å². The van der Waals surface area contributed by atoms with Gasteiger partial charge in [0.15, 0.2) is 5.82 Å². The van der Waals surface area contributed by atoms with Crippen LogP contribution < -0.4 is 5.32 Å². The molecule has 6 nitrogen and oxygen atoms in total. The lowest BCUT2D eigenvalue weighted by Crippen LogP contribution is -2.32. The van der Waals surface area contributed by atoms with Gasteiger partial charge in [0.2, 0.25) is 5.91 Å². The predicted molar refractivity (Wildman–Crippen MR) is 120 cm³/mol. The Morgan fingerprint density at radius 3 is 2.90 bits per heavy atom. The smallest absolute Gasteiger partial charge is 0.220 e. The lowest BCUT2D eigenvalue weighted by molar-refractivity contribution is -0.129. The maximum absolute atomic E-state index is 12.1. The lowest BCUT2D eigenvalue weighted by atomic mass is 10.0. The van der Waals surface area contributed by atoms with Gasteiger partial charge >= 0.3 is 0 Å². The highest BCUT2D eigenvalue weighted by Crippen LogP contribution is 2.33. The first-order valence-corrected chi connectivity index (χ1v) is 11.2. The number of halogens is 1. The van der Waals surface area contributed by atoms with Crippen LogP contribution >= 0.6 is 11.6 Å². The molecule has 0 unspecified atom stereocenters. The third kappa shape index (κ3) is 4.60. The highest BCUT2D eigenvalue weighted by molar-refractivity contribution is 6.31. The number of hydrogen-bond acceptors (Lipinski definition) is 5. The van der Waals surface area contributed by atoms with Crippen molar-refractivity contribution in [2.24, 2.45) is 0 Å². The molecule has 1 saturated heterocycles. The second-order valence-corrected chi connectivity index (χ2v) is 8.74. The summed E-state index contributed by atoms with van der Waals surface area (Å²) in [6, 6.07) is 8.00. The van der Waals surface area contributed by atoms with Crippen molar-refractivity contribution < 1.29 is 4.79 Å². The summed E-state index contributed by atoms with van der Waals surface area (Å²) in [7, 11) is 2.12. The Balaban J connectivity index is 1.51. The second kappa shape index (κ2) is 9.31. The largest absolute Gasteiger partial charge is 0.370 e. The number of nitrogens with zero attached hydrogens (tertiary/aromatic N) is 4. The summed E-state index contributed by atoms with van der Waals surface area (Å²) in [5.74, 6) is 1.83. The summed E-state index contributed by atoms with van der Waals surface area (Å²) in [6.07, 6.45) is 4.78. The summed E-state index contributed by atoms with van der Waals surface area (Å²) < 4.78 is 0. The number of amides is 1. The highest BCUT2D eigenvalue weighted by atomic mass is 35.5. The number of aromatic nitrogens is 2. The van der Waals surface area contributed by atoms with Crippen LogP contribution in [-0.2, 0) is 24.2 Å². The zero-order chi connectivity index (χ0) is 21.1. The Kier molecular flexibility index (Phi) is 6.54. The van der Waals surface area contributed by atoms with E-state index in [1.807, 2.05) is 23.1 Å². The number of fused-ring (bicyclic) bond motifs is 1. The van der Waals surface area contributed by atoms with Crippen LogP contribution in [0.4, 0.5) is 5.82 Å². The van der Waals surface area contributed by atoms with E-state index in [0.29, 0.717) is 0 Å². The van der Waals surface area contributed by atoms with Gasteiger partial charge in [0.05, 0.1) is 11.7 Å². The molecule has 2 aliphatic rings. The van der Waals surface area contributed by atoms with E-state index in [2.05, 4.69) is 23.3 Å². The predicted octanol–water partition coefficient (Wildman–Crippen LogP) is 3.85. The Labute approximate surface area is 183 Å². The summed E-state index contributed by atoms with van der Waals surface area (Å²) >= 11 is 6.28. The molecule has 0 aliphatic carbocycles. The van der Waals surface area contributed by atoms with E-state index in [0.717, 1.165) is 80.6 Å². The number of carbonyl (C=O) groups excluding carboxylic acids is 1. The molecule has 4 rings (SSSR count). The zero-order valence-electron chi connectivity index (χ0n) is 17.8. The monoisotopic (exact) mass is 427 g/mol. The van der Waals surface area contributed by atoms with Crippen molar-refractivity contribution in [3.63, 3.8) is 0 Å². The maximum Gasteiger partial charge on any atom is 0.220 e. The van der Waals surface area contributed by atoms with Gasteiger partial charge in [-0.25, -0.2) is 9.97 Å². The first-order valence-electron chi connectivity index (χ1n) is 10.9. The van der Waals surface area contributed by atoms with Crippen LogP contribution in [0.15, 0.2) is 24.3 Å². The molecule has 2 aromatic rings. The van der Waals surface area contributed by atoms with E-state index in [4.69, 9.17) is 21.6 Å². The molecule has 1 N–H and O–H groups in total. The molecule has 1 aromatic heterocycles. The quantitative estimate of drug-likeness (QED) is 0.709. The van der Waals surface area contributed by atoms with Gasteiger partial charge in [-0.1, -0.05) is 29.8 Å². The van der Waals surface area contributed by atoms with Crippen LogP contribution in [0.2, 0.25) is 5.02 Å². The van der Waals surface area contributed by atoms with Crippen LogP contribution in [0, 0.1) is 0 Å². The van der Waals surface area contributed by atoms with Gasteiger partial charge in [-0.05, 0) is 50.8 Å². The number of carbonyl (C=O) groups is 1. The molecular formula is C23H30ClN5O. The number of anilines is 1. The van der Waals surface area contributed by atoms with Gasteiger partial charge in [-0.2, -0.15) is 0 Å². The van der Waals surface area contributed by atoms with Crippen LogP contribution in [0.5, 0.6) is 0 Å². The number of hydrogen-bond donors (Lipinski definition) is 1. The first kappa shape index (κ1) is 21.1. The Morgan fingerprint density at radius 1 is 1.27 bits per heavy atom. The van der Waals surface area contributed by atoms with E-state index in [9.17, 15) is 4.79 Å². The average molecular weight is 428 g/mol. The Hall–Kier alpha value is -2.18. The maximum atomic E-state index is 12.1. The van der Waals surface area contributed by atoms with E-state index in [-0.39, 0.29) is 11.9 Å². The molecule has 0 radical (unpaired) electrons. The summed E-state index contributed by atoms with van der Waals surface area (Å²) in [5, 5.41) is 4.40. The molecule has 1 fully saturated rings. The molecular weight excluding hydrogens is 398 g/mol. The van der Waals surface area contributed by atoms with Crippen LogP contribution in [0.1, 0.15) is 54.9 Å². The molecule has 1 amide bonds. The molecule has 7 heteroatoms. The Morgan fingerprint density at radius 2 is 2.10 bits per heavy atom. The third-order valence-electron chi connectivity index (χ3n) is 6.10. The Bertz CT molecular complexity index is 918. The van der Waals surface area contributed by atoms with E-state index in [1.54, 1.807) is 6.92 Å². The van der Waals surface area contributed by atoms with Crippen molar-refractivity contribution in [1.29, 1.82) is 0 Å². The molecule has 3 heterocycles.